The third-order valence-corrected chi connectivity index (χ3v) is 5.04. The van der Waals surface area contributed by atoms with Crippen molar-refractivity contribution in [3.8, 4) is 5.75 Å². The van der Waals surface area contributed by atoms with Crippen molar-refractivity contribution in [1.29, 1.82) is 0 Å². The molecule has 0 aliphatic carbocycles. The van der Waals surface area contributed by atoms with Crippen LogP contribution in [0.4, 0.5) is 0 Å². The predicted octanol–water partition coefficient (Wildman–Crippen LogP) is 2.99. The first-order chi connectivity index (χ1) is 13.7. The van der Waals surface area contributed by atoms with Crippen LogP contribution in [0.15, 0.2) is 59.3 Å². The number of aryl methyl sites for hydroxylation is 1. The van der Waals surface area contributed by atoms with Gasteiger partial charge in [-0.3, -0.25) is 9.88 Å². The van der Waals surface area contributed by atoms with Crippen molar-refractivity contribution < 1.29 is 14.4 Å². The number of likely N-dealkylation sites (tertiary alicyclic amines) is 1. The Kier molecular flexibility index (Phi) is 5.69. The van der Waals surface area contributed by atoms with E-state index in [1.807, 2.05) is 43.3 Å². The maximum absolute atomic E-state index is 10.4. The number of benzene rings is 1. The smallest absolute Gasteiger partial charge is 0.137 e. The lowest BCUT2D eigenvalue weighted by Crippen LogP contribution is -2.21. The Labute approximate surface area is 164 Å². The normalized spacial score (nSPS) is 19.8. The van der Waals surface area contributed by atoms with Crippen molar-refractivity contribution in [2.45, 2.75) is 32.6 Å². The van der Waals surface area contributed by atoms with Crippen molar-refractivity contribution in [3.05, 3.63) is 77.4 Å². The second kappa shape index (κ2) is 8.54. The molecule has 0 spiro atoms. The zero-order valence-corrected chi connectivity index (χ0v) is 16.0. The Morgan fingerprint density at radius 1 is 1.18 bits per heavy atom. The van der Waals surface area contributed by atoms with Crippen LogP contribution in [0.1, 0.15) is 22.7 Å². The molecular weight excluding hydrogens is 354 g/mol. The maximum atomic E-state index is 10.4. The van der Waals surface area contributed by atoms with E-state index in [1.165, 1.54) is 5.56 Å². The van der Waals surface area contributed by atoms with Gasteiger partial charge in [-0.05, 0) is 36.8 Å². The lowest BCUT2D eigenvalue weighted by Gasteiger charge is -2.16. The van der Waals surface area contributed by atoms with Crippen LogP contribution in [0.2, 0.25) is 0 Å². The number of ether oxygens (including phenoxy) is 1. The van der Waals surface area contributed by atoms with Gasteiger partial charge in [0.2, 0.25) is 0 Å². The third kappa shape index (κ3) is 4.77. The monoisotopic (exact) mass is 379 g/mol. The summed E-state index contributed by atoms with van der Waals surface area (Å²) >= 11 is 0. The van der Waals surface area contributed by atoms with E-state index in [0.717, 1.165) is 36.0 Å². The van der Waals surface area contributed by atoms with Gasteiger partial charge in [0, 0.05) is 44.2 Å². The van der Waals surface area contributed by atoms with Crippen LogP contribution in [0.5, 0.6) is 5.75 Å². The Morgan fingerprint density at radius 2 is 2.11 bits per heavy atom. The molecule has 3 heterocycles. The lowest BCUT2D eigenvalue weighted by atomic mass is 10.0. The second-order valence-corrected chi connectivity index (χ2v) is 7.42. The fraction of sp³-hybridized carbons (Fsp3) is 0.364. The average molecular weight is 379 g/mol. The van der Waals surface area contributed by atoms with Crippen LogP contribution >= 0.6 is 0 Å². The number of hydrogen-bond acceptors (Lipinski definition) is 6. The standard InChI is InChI=1S/C22H25N3O3/c1-16-9-21(28-24-16)11-18-13-25(14-22(18)26)12-17-5-4-7-20(10-17)27-15-19-6-2-3-8-23-19/h2-10,18,22,26H,11-15H2,1H3. The van der Waals surface area contributed by atoms with Crippen LogP contribution in [0, 0.1) is 12.8 Å². The quantitative estimate of drug-likeness (QED) is 0.680. The third-order valence-electron chi connectivity index (χ3n) is 5.04. The zero-order valence-electron chi connectivity index (χ0n) is 16.0. The van der Waals surface area contributed by atoms with E-state index in [0.29, 0.717) is 19.6 Å². The number of aliphatic hydroxyl groups is 1. The molecule has 2 unspecified atom stereocenters. The average Bonchev–Trinajstić information content (AvgIpc) is 3.26. The number of aromatic nitrogens is 2. The summed E-state index contributed by atoms with van der Waals surface area (Å²) in [6.07, 6.45) is 2.13. The summed E-state index contributed by atoms with van der Waals surface area (Å²) in [7, 11) is 0. The van der Waals surface area contributed by atoms with Crippen molar-refractivity contribution >= 4 is 0 Å². The van der Waals surface area contributed by atoms with Crippen LogP contribution in [-0.4, -0.2) is 39.3 Å². The van der Waals surface area contributed by atoms with Crippen molar-refractivity contribution in [2.75, 3.05) is 13.1 Å². The molecule has 0 bridgehead atoms. The minimum Gasteiger partial charge on any atom is -0.487 e. The SMILES string of the molecule is Cc1cc(CC2CN(Cc3cccc(OCc4ccccn4)c3)CC2O)on1. The Bertz CT molecular complexity index is 897. The predicted molar refractivity (Wildman–Crippen MR) is 105 cm³/mol. The molecule has 3 aromatic rings. The first-order valence-electron chi connectivity index (χ1n) is 9.60. The molecule has 4 rings (SSSR count). The van der Waals surface area contributed by atoms with Crippen molar-refractivity contribution in [2.24, 2.45) is 5.92 Å². The molecule has 146 valence electrons. The molecule has 6 nitrogen and oxygen atoms in total. The van der Waals surface area contributed by atoms with Gasteiger partial charge in [-0.25, -0.2) is 0 Å². The van der Waals surface area contributed by atoms with Crippen molar-refractivity contribution in [3.63, 3.8) is 0 Å². The topological polar surface area (TPSA) is 71.6 Å². The maximum Gasteiger partial charge on any atom is 0.137 e. The van der Waals surface area contributed by atoms with Gasteiger partial charge in [-0.1, -0.05) is 23.4 Å². The molecule has 2 aromatic heterocycles. The van der Waals surface area contributed by atoms with E-state index in [4.69, 9.17) is 9.26 Å². The molecular formula is C22H25N3O3. The summed E-state index contributed by atoms with van der Waals surface area (Å²) < 4.78 is 11.2. The highest BCUT2D eigenvalue weighted by Gasteiger charge is 2.32. The van der Waals surface area contributed by atoms with Gasteiger partial charge in [0.05, 0.1) is 17.5 Å². The summed E-state index contributed by atoms with van der Waals surface area (Å²) in [6, 6.07) is 15.9. The lowest BCUT2D eigenvalue weighted by molar-refractivity contribution is 0.137. The van der Waals surface area contributed by atoms with Gasteiger partial charge in [0.15, 0.2) is 0 Å². The first kappa shape index (κ1) is 18.7. The van der Waals surface area contributed by atoms with Crippen molar-refractivity contribution in [1.82, 2.24) is 15.0 Å². The minimum absolute atomic E-state index is 0.163. The van der Waals surface area contributed by atoms with E-state index in [-0.39, 0.29) is 12.0 Å². The van der Waals surface area contributed by atoms with Gasteiger partial charge in [0.1, 0.15) is 18.1 Å². The molecule has 1 aromatic carbocycles. The molecule has 1 aliphatic rings. The van der Waals surface area contributed by atoms with E-state index in [1.54, 1.807) is 6.20 Å². The molecule has 1 fully saturated rings. The van der Waals surface area contributed by atoms with Crippen LogP contribution < -0.4 is 4.74 Å². The highest BCUT2D eigenvalue weighted by Crippen LogP contribution is 2.24. The van der Waals surface area contributed by atoms with Gasteiger partial charge in [-0.15, -0.1) is 0 Å². The van der Waals surface area contributed by atoms with E-state index in [9.17, 15) is 5.11 Å². The Morgan fingerprint density at radius 3 is 2.89 bits per heavy atom. The summed E-state index contributed by atoms with van der Waals surface area (Å²) in [5.41, 5.74) is 2.95. The van der Waals surface area contributed by atoms with Gasteiger partial charge >= 0.3 is 0 Å². The fourth-order valence-electron chi connectivity index (χ4n) is 3.67. The summed E-state index contributed by atoms with van der Waals surface area (Å²) in [5.74, 6) is 1.83. The number of hydrogen-bond donors (Lipinski definition) is 1. The van der Waals surface area contributed by atoms with E-state index >= 15 is 0 Å². The second-order valence-electron chi connectivity index (χ2n) is 7.42. The van der Waals surface area contributed by atoms with Gasteiger partial charge < -0.3 is 14.4 Å². The van der Waals surface area contributed by atoms with Gasteiger partial charge in [-0.2, -0.15) is 0 Å². The number of β-amino-alcohol motifs (C(OH)–C–C–N with tert-alkyl or cyclic N) is 1. The Balaban J connectivity index is 1.32. The molecule has 28 heavy (non-hydrogen) atoms. The number of pyridine rings is 1. The minimum atomic E-state index is -0.353. The molecule has 2 atom stereocenters. The van der Waals surface area contributed by atoms with Crippen LogP contribution in [0.25, 0.3) is 0 Å². The molecule has 1 aliphatic heterocycles. The zero-order chi connectivity index (χ0) is 19.3. The number of nitrogens with zero attached hydrogens (tertiary/aromatic N) is 3. The number of aliphatic hydroxyl groups excluding tert-OH is 1. The van der Waals surface area contributed by atoms with E-state index < -0.39 is 0 Å². The molecule has 0 amide bonds. The largest absolute Gasteiger partial charge is 0.487 e. The van der Waals surface area contributed by atoms with Crippen LogP contribution in [-0.2, 0) is 19.6 Å². The molecule has 1 N–H and O–H groups in total. The van der Waals surface area contributed by atoms with Gasteiger partial charge in [0.25, 0.3) is 0 Å². The van der Waals surface area contributed by atoms with Crippen LogP contribution in [0.3, 0.4) is 0 Å². The fourth-order valence-corrected chi connectivity index (χ4v) is 3.67. The number of rotatable bonds is 7. The molecule has 0 saturated carbocycles. The van der Waals surface area contributed by atoms with E-state index in [2.05, 4.69) is 27.2 Å². The highest BCUT2D eigenvalue weighted by atomic mass is 16.5. The molecule has 0 radical (unpaired) electrons. The summed E-state index contributed by atoms with van der Waals surface area (Å²) in [4.78, 5) is 6.55. The summed E-state index contributed by atoms with van der Waals surface area (Å²) in [5, 5.41) is 14.4. The first-order valence-corrected chi connectivity index (χ1v) is 9.60. The summed E-state index contributed by atoms with van der Waals surface area (Å²) in [6.45, 7) is 4.64. The molecule has 6 heteroatoms. The molecule has 1 saturated heterocycles. The highest BCUT2D eigenvalue weighted by molar-refractivity contribution is 5.28. The Hall–Kier alpha value is -2.70.